The zero-order chi connectivity index (χ0) is 11.3. The smallest absolute Gasteiger partial charge is 0.236 e. The summed E-state index contributed by atoms with van der Waals surface area (Å²) >= 11 is 0. The molecule has 1 aliphatic heterocycles. The van der Waals surface area contributed by atoms with E-state index >= 15 is 0 Å². The van der Waals surface area contributed by atoms with Crippen molar-refractivity contribution >= 4 is 5.91 Å². The summed E-state index contributed by atoms with van der Waals surface area (Å²) in [5.41, 5.74) is 0. The molecule has 0 radical (unpaired) electrons. The molecule has 5 heteroatoms. The molecule has 1 amide bonds. The third-order valence-corrected chi connectivity index (χ3v) is 2.67. The highest BCUT2D eigenvalue weighted by atomic mass is 16.3. The molecule has 0 aliphatic carbocycles. The normalized spacial score (nSPS) is 20.7. The zero-order valence-electron chi connectivity index (χ0n) is 9.22. The molecule has 1 unspecified atom stereocenters. The van der Waals surface area contributed by atoms with E-state index in [1.165, 1.54) is 0 Å². The highest BCUT2D eigenvalue weighted by Gasteiger charge is 2.24. The van der Waals surface area contributed by atoms with Gasteiger partial charge in [0.25, 0.3) is 0 Å². The Hall–Kier alpha value is -0.650. The van der Waals surface area contributed by atoms with E-state index in [9.17, 15) is 9.90 Å². The van der Waals surface area contributed by atoms with Gasteiger partial charge in [-0.15, -0.1) is 0 Å². The minimum atomic E-state index is -0.680. The Morgan fingerprint density at radius 1 is 1.53 bits per heavy atom. The van der Waals surface area contributed by atoms with Crippen molar-refractivity contribution in [2.24, 2.45) is 0 Å². The van der Waals surface area contributed by atoms with Crippen molar-refractivity contribution in [1.29, 1.82) is 0 Å². The lowest BCUT2D eigenvalue weighted by molar-refractivity contribution is -0.155. The van der Waals surface area contributed by atoms with Gasteiger partial charge in [0.15, 0.2) is 0 Å². The molecule has 0 aromatic rings. The molecular weight excluding hydrogens is 196 g/mol. The molecule has 5 nitrogen and oxygen atoms in total. The van der Waals surface area contributed by atoms with E-state index in [1.807, 2.05) is 11.9 Å². The highest BCUT2D eigenvalue weighted by Crippen LogP contribution is 2.12. The van der Waals surface area contributed by atoms with Crippen molar-refractivity contribution in [2.45, 2.75) is 32.3 Å². The van der Waals surface area contributed by atoms with E-state index in [0.29, 0.717) is 25.9 Å². The first kappa shape index (κ1) is 12.4. The van der Waals surface area contributed by atoms with Crippen LogP contribution in [0.2, 0.25) is 0 Å². The third kappa shape index (κ3) is 3.44. The summed E-state index contributed by atoms with van der Waals surface area (Å²) in [4.78, 5) is 11.5. The van der Waals surface area contributed by atoms with Crippen molar-refractivity contribution in [2.75, 3.05) is 26.2 Å². The fourth-order valence-electron chi connectivity index (χ4n) is 1.82. The first-order chi connectivity index (χ1) is 7.19. The number of carbonyl (C=O) groups is 1. The van der Waals surface area contributed by atoms with Crippen LogP contribution in [0, 0.1) is 0 Å². The maximum absolute atomic E-state index is 11.5. The topological polar surface area (TPSA) is 64.0 Å². The first-order valence-corrected chi connectivity index (χ1v) is 5.53. The van der Waals surface area contributed by atoms with Crippen molar-refractivity contribution in [3.63, 3.8) is 0 Å². The molecule has 1 heterocycles. The van der Waals surface area contributed by atoms with E-state index in [2.05, 4.69) is 0 Å². The molecule has 0 spiro atoms. The van der Waals surface area contributed by atoms with Crippen LogP contribution in [0.5, 0.6) is 0 Å². The van der Waals surface area contributed by atoms with Crippen LogP contribution < -0.4 is 0 Å². The number of nitrogens with zero attached hydrogens (tertiary/aromatic N) is 2. The number of rotatable bonds is 5. The van der Waals surface area contributed by atoms with Crippen molar-refractivity contribution in [1.82, 2.24) is 10.0 Å². The number of hydrogen-bond donors (Lipinski definition) is 2. The maximum atomic E-state index is 11.5. The lowest BCUT2D eigenvalue weighted by Crippen LogP contribution is -2.51. The zero-order valence-corrected chi connectivity index (χ0v) is 9.22. The van der Waals surface area contributed by atoms with E-state index in [-0.39, 0.29) is 12.5 Å². The average Bonchev–Trinajstić information content (AvgIpc) is 2.25. The van der Waals surface area contributed by atoms with Crippen LogP contribution in [0.4, 0.5) is 0 Å². The van der Waals surface area contributed by atoms with E-state index < -0.39 is 6.10 Å². The van der Waals surface area contributed by atoms with Crippen molar-refractivity contribution < 1.29 is 15.0 Å². The summed E-state index contributed by atoms with van der Waals surface area (Å²) in [6, 6.07) is 0. The molecule has 0 bridgehead atoms. The lowest BCUT2D eigenvalue weighted by Gasteiger charge is -2.38. The number of amides is 1. The summed E-state index contributed by atoms with van der Waals surface area (Å²) < 4.78 is 0. The molecule has 15 heavy (non-hydrogen) atoms. The van der Waals surface area contributed by atoms with E-state index in [0.717, 1.165) is 13.0 Å². The van der Waals surface area contributed by atoms with Crippen molar-refractivity contribution in [3.8, 4) is 0 Å². The molecule has 1 saturated heterocycles. The molecule has 1 fully saturated rings. The van der Waals surface area contributed by atoms with Gasteiger partial charge in [0.05, 0.1) is 12.7 Å². The van der Waals surface area contributed by atoms with Gasteiger partial charge in [-0.05, 0) is 19.8 Å². The fourth-order valence-corrected chi connectivity index (χ4v) is 1.82. The second kappa shape index (κ2) is 6.05. The molecule has 1 rings (SSSR count). The Kier molecular flexibility index (Phi) is 5.01. The number of carbonyl (C=O) groups excluding carboxylic acids is 1. The first-order valence-electron chi connectivity index (χ1n) is 5.53. The standard InChI is InChI=1S/C10H20N2O3/c1-2-12-10(15)4-3-6-11(12)7-5-9(14)8-13/h9,13-14H,2-8H2,1H3. The lowest BCUT2D eigenvalue weighted by atomic mass is 10.2. The molecule has 1 atom stereocenters. The SMILES string of the molecule is CCN1C(=O)CCCN1CCC(O)CO. The number of aliphatic hydroxyl groups is 2. The van der Waals surface area contributed by atoms with Gasteiger partial charge in [-0.3, -0.25) is 9.80 Å². The van der Waals surface area contributed by atoms with Gasteiger partial charge in [-0.25, -0.2) is 5.01 Å². The van der Waals surface area contributed by atoms with Crippen LogP contribution in [0.1, 0.15) is 26.2 Å². The van der Waals surface area contributed by atoms with Crippen LogP contribution in [-0.4, -0.2) is 58.5 Å². The van der Waals surface area contributed by atoms with Gasteiger partial charge in [0.2, 0.25) is 5.91 Å². The Morgan fingerprint density at radius 2 is 2.27 bits per heavy atom. The molecule has 0 aromatic heterocycles. The molecule has 88 valence electrons. The average molecular weight is 216 g/mol. The monoisotopic (exact) mass is 216 g/mol. The van der Waals surface area contributed by atoms with Gasteiger partial charge in [0.1, 0.15) is 0 Å². The Bertz CT molecular complexity index is 211. The Morgan fingerprint density at radius 3 is 2.87 bits per heavy atom. The Labute approximate surface area is 90.3 Å². The van der Waals surface area contributed by atoms with E-state index in [4.69, 9.17) is 5.11 Å². The molecule has 2 N–H and O–H groups in total. The largest absolute Gasteiger partial charge is 0.394 e. The summed E-state index contributed by atoms with van der Waals surface area (Å²) in [6.45, 7) is 3.89. The second-order valence-electron chi connectivity index (χ2n) is 3.79. The third-order valence-electron chi connectivity index (χ3n) is 2.67. The summed E-state index contributed by atoms with van der Waals surface area (Å²) in [7, 11) is 0. The van der Waals surface area contributed by atoms with E-state index in [1.54, 1.807) is 5.01 Å². The molecule has 0 saturated carbocycles. The van der Waals surface area contributed by atoms with Crippen LogP contribution in [0.25, 0.3) is 0 Å². The quantitative estimate of drug-likeness (QED) is 0.655. The summed E-state index contributed by atoms with van der Waals surface area (Å²) in [5, 5.41) is 21.6. The van der Waals surface area contributed by atoms with Crippen LogP contribution in [-0.2, 0) is 4.79 Å². The van der Waals surface area contributed by atoms with Crippen molar-refractivity contribution in [3.05, 3.63) is 0 Å². The number of hydrogen-bond acceptors (Lipinski definition) is 4. The van der Waals surface area contributed by atoms with Gasteiger partial charge < -0.3 is 10.2 Å². The summed E-state index contributed by atoms with van der Waals surface area (Å²) in [5.74, 6) is 0.155. The highest BCUT2D eigenvalue weighted by molar-refractivity contribution is 5.76. The van der Waals surface area contributed by atoms with Gasteiger partial charge in [0, 0.05) is 26.1 Å². The molecular formula is C10H20N2O3. The maximum Gasteiger partial charge on any atom is 0.236 e. The predicted molar refractivity (Wildman–Crippen MR) is 55.9 cm³/mol. The van der Waals surface area contributed by atoms with Gasteiger partial charge >= 0.3 is 0 Å². The van der Waals surface area contributed by atoms with Gasteiger partial charge in [-0.1, -0.05) is 0 Å². The predicted octanol–water partition coefficient (Wildman–Crippen LogP) is -0.411. The van der Waals surface area contributed by atoms with Crippen LogP contribution in [0.3, 0.4) is 0 Å². The number of aliphatic hydroxyl groups excluding tert-OH is 2. The van der Waals surface area contributed by atoms with Gasteiger partial charge in [-0.2, -0.15) is 0 Å². The summed E-state index contributed by atoms with van der Waals surface area (Å²) in [6.07, 6.45) is 1.32. The Balaban J connectivity index is 2.40. The number of hydrazine groups is 1. The molecule has 1 aliphatic rings. The minimum absolute atomic E-state index is 0.155. The minimum Gasteiger partial charge on any atom is -0.394 e. The second-order valence-corrected chi connectivity index (χ2v) is 3.79. The molecule has 0 aromatic carbocycles. The van der Waals surface area contributed by atoms with Crippen LogP contribution in [0.15, 0.2) is 0 Å². The fraction of sp³-hybridized carbons (Fsp3) is 0.900. The van der Waals surface area contributed by atoms with Crippen LogP contribution >= 0.6 is 0 Å².